The molecule has 4 heterocycles. The van der Waals surface area contributed by atoms with Gasteiger partial charge in [0, 0.05) is 25.0 Å². The van der Waals surface area contributed by atoms with Crippen LogP contribution in [-0.4, -0.2) is 45.4 Å². The van der Waals surface area contributed by atoms with E-state index in [0.29, 0.717) is 13.2 Å². The minimum absolute atomic E-state index is 0.158. The second kappa shape index (κ2) is 6.84. The van der Waals surface area contributed by atoms with Crippen LogP contribution in [0.3, 0.4) is 0 Å². The Balaban J connectivity index is 1.71. The molecule has 0 saturated heterocycles. The zero-order chi connectivity index (χ0) is 18.3. The molecule has 0 bridgehead atoms. The topological polar surface area (TPSA) is 73.6 Å². The van der Waals surface area contributed by atoms with Crippen molar-refractivity contribution in [3.05, 3.63) is 22.1 Å². The molecule has 1 aliphatic rings. The maximum Gasteiger partial charge on any atom is 0.168 e. The van der Waals surface area contributed by atoms with Crippen LogP contribution < -0.4 is 5.32 Å². The quantitative estimate of drug-likeness (QED) is 0.668. The van der Waals surface area contributed by atoms with Crippen molar-refractivity contribution in [1.29, 1.82) is 0 Å². The maximum atomic E-state index is 5.97. The van der Waals surface area contributed by atoms with E-state index >= 15 is 0 Å². The summed E-state index contributed by atoms with van der Waals surface area (Å²) in [4.78, 5) is 11.9. The van der Waals surface area contributed by atoms with Gasteiger partial charge in [-0.05, 0) is 39.3 Å². The molecule has 0 saturated carbocycles. The largest absolute Gasteiger partial charge is 0.385 e. The third-order valence-corrected chi connectivity index (χ3v) is 5.80. The van der Waals surface area contributed by atoms with Crippen LogP contribution in [0.4, 0.5) is 0 Å². The van der Waals surface area contributed by atoms with Gasteiger partial charge in [0.15, 0.2) is 11.5 Å². The second-order valence-corrected chi connectivity index (χ2v) is 8.44. The van der Waals surface area contributed by atoms with Crippen molar-refractivity contribution in [3.63, 3.8) is 0 Å². The van der Waals surface area contributed by atoms with Crippen LogP contribution in [0.5, 0.6) is 0 Å². The predicted octanol–water partition coefficient (Wildman–Crippen LogP) is 2.62. The summed E-state index contributed by atoms with van der Waals surface area (Å²) in [6, 6.07) is 0. The molecule has 140 valence electrons. The number of nitrogens with zero attached hydrogens (tertiary/aromatic N) is 4. The highest BCUT2D eigenvalue weighted by Gasteiger charge is 2.31. The zero-order valence-corrected chi connectivity index (χ0v) is 16.6. The molecular formula is C18H25N5O2S. The number of fused-ring (bicyclic) bond motifs is 5. The second-order valence-electron chi connectivity index (χ2n) is 7.35. The molecular weight excluding hydrogens is 350 g/mol. The Morgan fingerprint density at radius 2 is 2.19 bits per heavy atom. The predicted molar refractivity (Wildman–Crippen MR) is 102 cm³/mol. The summed E-state index contributed by atoms with van der Waals surface area (Å²) >= 11 is 1.72. The van der Waals surface area contributed by atoms with Crippen molar-refractivity contribution in [2.45, 2.75) is 52.4 Å². The van der Waals surface area contributed by atoms with E-state index in [1.165, 1.54) is 10.4 Å². The average Bonchev–Trinajstić information content (AvgIpc) is 3.15. The number of nitrogens with one attached hydrogen (secondary N) is 1. The minimum atomic E-state index is -0.158. The maximum absolute atomic E-state index is 5.97. The number of aromatic nitrogens is 4. The molecule has 0 spiro atoms. The first kappa shape index (κ1) is 17.8. The number of ether oxygens (including phenoxy) is 2. The van der Waals surface area contributed by atoms with Crippen molar-refractivity contribution in [2.75, 3.05) is 20.3 Å². The van der Waals surface area contributed by atoms with Gasteiger partial charge in [0.25, 0.3) is 0 Å². The fourth-order valence-electron chi connectivity index (χ4n) is 3.40. The normalized spacial score (nSPS) is 16.5. The van der Waals surface area contributed by atoms with E-state index < -0.39 is 0 Å². The highest BCUT2D eigenvalue weighted by Crippen LogP contribution is 2.39. The first-order valence-corrected chi connectivity index (χ1v) is 9.80. The average molecular weight is 375 g/mol. The Bertz CT molecular complexity index is 946. The van der Waals surface area contributed by atoms with Gasteiger partial charge in [-0.25, -0.2) is 9.97 Å². The smallest absolute Gasteiger partial charge is 0.168 e. The number of hydrogen-bond donors (Lipinski definition) is 1. The van der Waals surface area contributed by atoms with Crippen LogP contribution in [0.1, 0.15) is 42.4 Å². The molecule has 0 atom stereocenters. The number of rotatable bonds is 6. The highest BCUT2D eigenvalue weighted by molar-refractivity contribution is 7.19. The molecule has 0 radical (unpaired) electrons. The van der Waals surface area contributed by atoms with E-state index in [-0.39, 0.29) is 5.60 Å². The van der Waals surface area contributed by atoms with Crippen LogP contribution in [0.25, 0.3) is 15.9 Å². The van der Waals surface area contributed by atoms with E-state index in [0.717, 1.165) is 53.5 Å². The number of aryl methyl sites for hydroxylation is 1. The molecule has 0 fully saturated rings. The van der Waals surface area contributed by atoms with Crippen molar-refractivity contribution >= 4 is 27.2 Å². The molecule has 26 heavy (non-hydrogen) atoms. The Morgan fingerprint density at radius 3 is 3.00 bits per heavy atom. The van der Waals surface area contributed by atoms with E-state index in [1.807, 2.05) is 11.4 Å². The molecule has 7 nitrogen and oxygen atoms in total. The van der Waals surface area contributed by atoms with Gasteiger partial charge in [-0.1, -0.05) is 0 Å². The first-order chi connectivity index (χ1) is 12.5. The van der Waals surface area contributed by atoms with E-state index in [9.17, 15) is 0 Å². The van der Waals surface area contributed by atoms with Crippen LogP contribution in [0, 0.1) is 6.92 Å². The summed E-state index contributed by atoms with van der Waals surface area (Å²) in [6.07, 6.45) is 1.85. The lowest BCUT2D eigenvalue weighted by atomic mass is 9.94. The van der Waals surface area contributed by atoms with Gasteiger partial charge in [0.1, 0.15) is 10.7 Å². The van der Waals surface area contributed by atoms with Crippen LogP contribution >= 0.6 is 11.3 Å². The van der Waals surface area contributed by atoms with Gasteiger partial charge in [0.05, 0.1) is 24.1 Å². The van der Waals surface area contributed by atoms with E-state index in [1.54, 1.807) is 18.4 Å². The van der Waals surface area contributed by atoms with Gasteiger partial charge in [-0.3, -0.25) is 0 Å². The Hall–Kier alpha value is -1.61. The molecule has 1 aliphatic heterocycles. The molecule has 0 amide bonds. The van der Waals surface area contributed by atoms with Crippen molar-refractivity contribution in [2.24, 2.45) is 0 Å². The summed E-state index contributed by atoms with van der Waals surface area (Å²) in [7, 11) is 1.72. The van der Waals surface area contributed by atoms with Crippen LogP contribution in [0.2, 0.25) is 0 Å². The minimum Gasteiger partial charge on any atom is -0.385 e. The van der Waals surface area contributed by atoms with E-state index in [2.05, 4.69) is 24.3 Å². The fraction of sp³-hybridized carbons (Fsp3) is 0.611. The third-order valence-electron chi connectivity index (χ3n) is 4.70. The number of thiophene rings is 1. The molecule has 1 N–H and O–H groups in total. The zero-order valence-electron chi connectivity index (χ0n) is 15.8. The third kappa shape index (κ3) is 3.22. The molecule has 3 aromatic heterocycles. The molecule has 8 heteroatoms. The van der Waals surface area contributed by atoms with Gasteiger partial charge in [-0.2, -0.15) is 4.52 Å². The fourth-order valence-corrected chi connectivity index (χ4v) is 4.54. The lowest BCUT2D eigenvalue weighted by Gasteiger charge is -2.30. The Kier molecular flexibility index (Phi) is 4.68. The standard InChI is InChI=1S/C18H25N5O2S/c1-11-20-17-15(12-8-18(2,3)25-10-13(12)26-17)16-21-14(22-23(11)16)9-19-6-5-7-24-4/h19H,5-10H2,1-4H3. The van der Waals surface area contributed by atoms with Gasteiger partial charge in [0.2, 0.25) is 0 Å². The molecule has 4 rings (SSSR count). The van der Waals surface area contributed by atoms with Crippen molar-refractivity contribution in [1.82, 2.24) is 24.9 Å². The summed E-state index contributed by atoms with van der Waals surface area (Å²) in [5, 5.41) is 9.19. The first-order valence-electron chi connectivity index (χ1n) is 8.98. The summed E-state index contributed by atoms with van der Waals surface area (Å²) < 4.78 is 12.9. The Labute approximate surface area is 156 Å². The summed E-state index contributed by atoms with van der Waals surface area (Å²) in [5.74, 6) is 1.66. The number of methoxy groups -OCH3 is 1. The van der Waals surface area contributed by atoms with Gasteiger partial charge < -0.3 is 14.8 Å². The molecule has 0 aliphatic carbocycles. The molecule has 0 aromatic carbocycles. The van der Waals surface area contributed by atoms with E-state index in [4.69, 9.17) is 19.4 Å². The van der Waals surface area contributed by atoms with Crippen LogP contribution in [0.15, 0.2) is 0 Å². The Morgan fingerprint density at radius 1 is 1.35 bits per heavy atom. The number of hydrogen-bond acceptors (Lipinski definition) is 7. The van der Waals surface area contributed by atoms with Crippen molar-refractivity contribution < 1.29 is 9.47 Å². The monoisotopic (exact) mass is 375 g/mol. The SMILES string of the molecule is COCCCNCc1nc2c3c4c(sc3nc(C)n2n1)COC(C)(C)C4. The molecule has 3 aromatic rings. The lowest BCUT2D eigenvalue weighted by molar-refractivity contribution is -0.0379. The highest BCUT2D eigenvalue weighted by atomic mass is 32.1. The van der Waals surface area contributed by atoms with Crippen LogP contribution in [-0.2, 0) is 29.0 Å². The van der Waals surface area contributed by atoms with Gasteiger partial charge in [-0.15, -0.1) is 16.4 Å². The van der Waals surface area contributed by atoms with Crippen molar-refractivity contribution in [3.8, 4) is 0 Å². The lowest BCUT2D eigenvalue weighted by Crippen LogP contribution is -2.31. The summed E-state index contributed by atoms with van der Waals surface area (Å²) in [5.41, 5.74) is 2.08. The van der Waals surface area contributed by atoms with Gasteiger partial charge >= 0.3 is 0 Å². The summed E-state index contributed by atoms with van der Waals surface area (Å²) in [6.45, 7) is 9.19. The molecule has 0 unspecified atom stereocenters.